The molecular formula is C23H29F3O4. The monoisotopic (exact) mass is 426 g/mol. The van der Waals surface area contributed by atoms with Gasteiger partial charge in [0.15, 0.2) is 11.6 Å². The zero-order chi connectivity index (χ0) is 21.7. The summed E-state index contributed by atoms with van der Waals surface area (Å²) in [5, 5.41) is 10.7. The van der Waals surface area contributed by atoms with Crippen LogP contribution >= 0.6 is 0 Å². The van der Waals surface area contributed by atoms with Crippen LogP contribution in [0.5, 0.6) is 5.75 Å². The number of aliphatic hydroxyl groups is 1. The van der Waals surface area contributed by atoms with Crippen molar-refractivity contribution in [2.24, 2.45) is 17.8 Å². The summed E-state index contributed by atoms with van der Waals surface area (Å²) in [6, 6.07) is 2.72. The SMILES string of the molecule is CCOc1ccc(C(O)C2CCC(C3CCC(/C=C/CF)OC3=O)CC2)c(F)c1F. The van der Waals surface area contributed by atoms with Crippen LogP contribution in [0.15, 0.2) is 24.3 Å². The predicted octanol–water partition coefficient (Wildman–Crippen LogP) is 5.05. The summed E-state index contributed by atoms with van der Waals surface area (Å²) in [6.07, 6.45) is 5.51. The minimum Gasteiger partial charge on any atom is -0.491 e. The van der Waals surface area contributed by atoms with Crippen LogP contribution in [0, 0.1) is 29.4 Å². The molecule has 2 fully saturated rings. The van der Waals surface area contributed by atoms with Gasteiger partial charge in [-0.3, -0.25) is 4.79 Å². The highest BCUT2D eigenvalue weighted by Gasteiger charge is 2.38. The van der Waals surface area contributed by atoms with E-state index in [1.165, 1.54) is 18.2 Å². The second-order valence-electron chi connectivity index (χ2n) is 8.08. The predicted molar refractivity (Wildman–Crippen MR) is 106 cm³/mol. The Balaban J connectivity index is 1.57. The second-order valence-corrected chi connectivity index (χ2v) is 8.08. The molecule has 1 saturated carbocycles. The number of alkyl halides is 1. The number of esters is 1. The molecule has 0 amide bonds. The number of halogens is 3. The summed E-state index contributed by atoms with van der Waals surface area (Å²) >= 11 is 0. The fourth-order valence-corrected chi connectivity index (χ4v) is 4.68. The lowest BCUT2D eigenvalue weighted by molar-refractivity contribution is -0.160. The largest absolute Gasteiger partial charge is 0.491 e. The van der Waals surface area contributed by atoms with E-state index >= 15 is 0 Å². The molecule has 1 saturated heterocycles. The van der Waals surface area contributed by atoms with Crippen LogP contribution in [-0.2, 0) is 9.53 Å². The molecule has 30 heavy (non-hydrogen) atoms. The Kier molecular flexibility index (Phi) is 7.81. The van der Waals surface area contributed by atoms with Gasteiger partial charge in [0.05, 0.1) is 18.6 Å². The van der Waals surface area contributed by atoms with Crippen molar-refractivity contribution in [3.05, 3.63) is 41.5 Å². The van der Waals surface area contributed by atoms with Gasteiger partial charge in [0.1, 0.15) is 12.8 Å². The van der Waals surface area contributed by atoms with Crippen LogP contribution in [0.3, 0.4) is 0 Å². The molecule has 3 atom stereocenters. The lowest BCUT2D eigenvalue weighted by Crippen LogP contribution is -2.36. The maximum Gasteiger partial charge on any atom is 0.309 e. The summed E-state index contributed by atoms with van der Waals surface area (Å²) in [4.78, 5) is 12.4. The third-order valence-corrected chi connectivity index (χ3v) is 6.30. The van der Waals surface area contributed by atoms with E-state index in [0.717, 1.165) is 0 Å². The number of carbonyl (C=O) groups excluding carboxylic acids is 1. The molecule has 1 aliphatic heterocycles. The van der Waals surface area contributed by atoms with Crippen molar-refractivity contribution in [3.63, 3.8) is 0 Å². The summed E-state index contributed by atoms with van der Waals surface area (Å²) in [5.74, 6) is -2.81. The molecule has 1 aromatic carbocycles. The molecule has 3 unspecified atom stereocenters. The lowest BCUT2D eigenvalue weighted by atomic mass is 9.71. The molecule has 0 aromatic heterocycles. The van der Waals surface area contributed by atoms with Crippen LogP contribution < -0.4 is 4.74 Å². The smallest absolute Gasteiger partial charge is 0.309 e. The molecule has 1 aliphatic carbocycles. The third-order valence-electron chi connectivity index (χ3n) is 6.30. The number of hydrogen-bond donors (Lipinski definition) is 1. The van der Waals surface area contributed by atoms with Crippen molar-refractivity contribution in [2.75, 3.05) is 13.3 Å². The van der Waals surface area contributed by atoms with Crippen LogP contribution in [0.4, 0.5) is 13.2 Å². The molecule has 0 bridgehead atoms. The van der Waals surface area contributed by atoms with Crippen molar-refractivity contribution >= 4 is 5.97 Å². The molecule has 0 spiro atoms. The van der Waals surface area contributed by atoms with E-state index in [0.29, 0.717) is 38.5 Å². The highest BCUT2D eigenvalue weighted by atomic mass is 19.2. The third kappa shape index (κ3) is 4.99. The van der Waals surface area contributed by atoms with E-state index in [1.807, 2.05) is 0 Å². The average molecular weight is 426 g/mol. The number of ether oxygens (including phenoxy) is 2. The molecule has 3 rings (SSSR count). The number of rotatable bonds is 7. The fraction of sp³-hybridized carbons (Fsp3) is 0.609. The van der Waals surface area contributed by atoms with E-state index in [1.54, 1.807) is 13.0 Å². The van der Waals surface area contributed by atoms with E-state index in [9.17, 15) is 23.1 Å². The van der Waals surface area contributed by atoms with E-state index < -0.39 is 24.4 Å². The molecule has 4 nitrogen and oxygen atoms in total. The van der Waals surface area contributed by atoms with Gasteiger partial charge in [0.25, 0.3) is 0 Å². The molecule has 166 valence electrons. The zero-order valence-electron chi connectivity index (χ0n) is 17.2. The van der Waals surface area contributed by atoms with Gasteiger partial charge >= 0.3 is 5.97 Å². The van der Waals surface area contributed by atoms with Crippen LogP contribution in [-0.4, -0.2) is 30.5 Å². The standard InChI is InChI=1S/C23H29F3O4/c1-2-29-19-12-11-18(20(25)21(19)26)22(27)15-7-5-14(6-8-15)17-10-9-16(4-3-13-24)30-23(17)28/h3-4,11-12,14-17,22,27H,2,5-10,13H2,1H3/b4-3+. The van der Waals surface area contributed by atoms with Gasteiger partial charge in [-0.05, 0) is 75.5 Å². The van der Waals surface area contributed by atoms with Crippen molar-refractivity contribution in [3.8, 4) is 5.75 Å². The topological polar surface area (TPSA) is 55.8 Å². The number of benzene rings is 1. The zero-order valence-corrected chi connectivity index (χ0v) is 17.2. The highest BCUT2D eigenvalue weighted by Crippen LogP contribution is 2.43. The first kappa shape index (κ1) is 22.7. The Labute approximate surface area is 175 Å². The molecule has 0 radical (unpaired) electrons. The quantitative estimate of drug-likeness (QED) is 0.490. The minimum atomic E-state index is -1.11. The fourth-order valence-electron chi connectivity index (χ4n) is 4.68. The Hall–Kier alpha value is -2.02. The van der Waals surface area contributed by atoms with Gasteiger partial charge in [-0.15, -0.1) is 0 Å². The van der Waals surface area contributed by atoms with Gasteiger partial charge < -0.3 is 14.6 Å². The Morgan fingerprint density at radius 1 is 1.17 bits per heavy atom. The molecular weight excluding hydrogens is 397 g/mol. The van der Waals surface area contributed by atoms with Crippen molar-refractivity contribution in [1.82, 2.24) is 0 Å². The minimum absolute atomic E-state index is 0.0565. The Bertz CT molecular complexity index is 759. The number of carbonyl (C=O) groups is 1. The van der Waals surface area contributed by atoms with E-state index in [2.05, 4.69) is 0 Å². The average Bonchev–Trinajstić information content (AvgIpc) is 2.75. The van der Waals surface area contributed by atoms with E-state index in [-0.39, 0.29) is 47.7 Å². The Morgan fingerprint density at radius 3 is 2.53 bits per heavy atom. The lowest BCUT2D eigenvalue weighted by Gasteiger charge is -2.37. The molecule has 1 aromatic rings. The summed E-state index contributed by atoms with van der Waals surface area (Å²) in [6.45, 7) is 1.32. The van der Waals surface area contributed by atoms with Crippen molar-refractivity contribution in [1.29, 1.82) is 0 Å². The van der Waals surface area contributed by atoms with E-state index in [4.69, 9.17) is 9.47 Å². The number of cyclic esters (lactones) is 1. The van der Waals surface area contributed by atoms with Crippen LogP contribution in [0.25, 0.3) is 0 Å². The normalized spacial score (nSPS) is 28.4. The molecule has 7 heteroatoms. The van der Waals surface area contributed by atoms with Gasteiger partial charge in [-0.1, -0.05) is 6.08 Å². The first-order valence-corrected chi connectivity index (χ1v) is 10.7. The maximum atomic E-state index is 14.4. The summed E-state index contributed by atoms with van der Waals surface area (Å²) < 4.78 is 51.3. The first-order chi connectivity index (χ1) is 14.5. The summed E-state index contributed by atoms with van der Waals surface area (Å²) in [5.41, 5.74) is -0.0565. The number of allylic oxidation sites excluding steroid dienone is 1. The van der Waals surface area contributed by atoms with Gasteiger partial charge in [0, 0.05) is 5.56 Å². The number of hydrogen-bond acceptors (Lipinski definition) is 4. The highest BCUT2D eigenvalue weighted by molar-refractivity contribution is 5.74. The second kappa shape index (κ2) is 10.3. The van der Waals surface area contributed by atoms with Gasteiger partial charge in [-0.25, -0.2) is 8.78 Å². The van der Waals surface area contributed by atoms with Crippen molar-refractivity contribution in [2.45, 2.75) is 57.7 Å². The number of aliphatic hydroxyl groups excluding tert-OH is 1. The molecule has 1 heterocycles. The first-order valence-electron chi connectivity index (χ1n) is 10.7. The maximum absolute atomic E-state index is 14.4. The molecule has 2 aliphatic rings. The Morgan fingerprint density at radius 2 is 1.90 bits per heavy atom. The molecule has 1 N–H and O–H groups in total. The van der Waals surface area contributed by atoms with Crippen LogP contribution in [0.2, 0.25) is 0 Å². The van der Waals surface area contributed by atoms with Crippen LogP contribution in [0.1, 0.15) is 57.1 Å². The van der Waals surface area contributed by atoms with Crippen molar-refractivity contribution < 1.29 is 32.5 Å². The summed E-state index contributed by atoms with van der Waals surface area (Å²) in [7, 11) is 0. The van der Waals surface area contributed by atoms with Gasteiger partial charge in [0.2, 0.25) is 5.82 Å². The van der Waals surface area contributed by atoms with Gasteiger partial charge in [-0.2, -0.15) is 4.39 Å².